The Balaban J connectivity index is 1.58. The van der Waals surface area contributed by atoms with Crippen molar-refractivity contribution < 1.29 is 13.6 Å². The average Bonchev–Trinajstić information content (AvgIpc) is 2.52. The monoisotopic (exact) mass is 311 g/mol. The largest absolute Gasteiger partial charge is 0.355 e. The highest BCUT2D eigenvalue weighted by Crippen LogP contribution is 2.11. The van der Waals surface area contributed by atoms with Crippen LogP contribution in [0.3, 0.4) is 0 Å². The second-order valence-corrected chi connectivity index (χ2v) is 5.54. The van der Waals surface area contributed by atoms with E-state index >= 15 is 0 Å². The van der Waals surface area contributed by atoms with E-state index < -0.39 is 11.6 Å². The lowest BCUT2D eigenvalue weighted by Gasteiger charge is -2.27. The molecule has 1 amide bonds. The predicted molar refractivity (Wildman–Crippen MR) is 81.6 cm³/mol. The SMILES string of the molecule is O=C(CCCc1ccc(F)c(F)c1)NCCN1CCNCC1. The van der Waals surface area contributed by atoms with E-state index in [4.69, 9.17) is 0 Å². The molecule has 1 aliphatic rings. The molecule has 0 aliphatic carbocycles. The summed E-state index contributed by atoms with van der Waals surface area (Å²) >= 11 is 0. The van der Waals surface area contributed by atoms with Crippen LogP contribution in [0, 0.1) is 11.6 Å². The van der Waals surface area contributed by atoms with Crippen LogP contribution in [-0.2, 0) is 11.2 Å². The second kappa shape index (κ2) is 8.80. The average molecular weight is 311 g/mol. The minimum atomic E-state index is -0.839. The number of aryl methyl sites for hydroxylation is 1. The van der Waals surface area contributed by atoms with Crippen molar-refractivity contribution in [1.82, 2.24) is 15.5 Å². The molecule has 1 aliphatic heterocycles. The first-order valence-electron chi connectivity index (χ1n) is 7.79. The van der Waals surface area contributed by atoms with Crippen molar-refractivity contribution in [3.8, 4) is 0 Å². The van der Waals surface area contributed by atoms with Crippen molar-refractivity contribution in [2.75, 3.05) is 39.3 Å². The highest BCUT2D eigenvalue weighted by atomic mass is 19.2. The van der Waals surface area contributed by atoms with Gasteiger partial charge >= 0.3 is 0 Å². The number of nitrogens with zero attached hydrogens (tertiary/aromatic N) is 1. The summed E-state index contributed by atoms with van der Waals surface area (Å²) < 4.78 is 25.8. The van der Waals surface area contributed by atoms with Gasteiger partial charge in [-0.3, -0.25) is 9.69 Å². The number of hydrogen-bond acceptors (Lipinski definition) is 3. The van der Waals surface area contributed by atoms with Gasteiger partial charge in [0, 0.05) is 45.7 Å². The molecule has 1 aromatic rings. The van der Waals surface area contributed by atoms with Crippen LogP contribution in [0.15, 0.2) is 18.2 Å². The van der Waals surface area contributed by atoms with Crippen molar-refractivity contribution in [2.24, 2.45) is 0 Å². The van der Waals surface area contributed by atoms with E-state index in [0.717, 1.165) is 38.8 Å². The zero-order valence-electron chi connectivity index (χ0n) is 12.7. The third-order valence-corrected chi connectivity index (χ3v) is 3.81. The first-order valence-corrected chi connectivity index (χ1v) is 7.79. The van der Waals surface area contributed by atoms with Crippen LogP contribution in [0.5, 0.6) is 0 Å². The first-order chi connectivity index (χ1) is 10.6. The van der Waals surface area contributed by atoms with Crippen molar-refractivity contribution >= 4 is 5.91 Å². The second-order valence-electron chi connectivity index (χ2n) is 5.54. The van der Waals surface area contributed by atoms with E-state index in [1.807, 2.05) is 0 Å². The molecule has 1 saturated heterocycles. The Bertz CT molecular complexity index is 490. The first kappa shape index (κ1) is 16.8. The molecule has 0 radical (unpaired) electrons. The third kappa shape index (κ3) is 5.69. The molecule has 1 fully saturated rings. The molecular formula is C16H23F2N3O. The summed E-state index contributed by atoms with van der Waals surface area (Å²) in [5, 5.41) is 6.19. The summed E-state index contributed by atoms with van der Waals surface area (Å²) in [5.74, 6) is -1.66. The van der Waals surface area contributed by atoms with Crippen molar-refractivity contribution in [1.29, 1.82) is 0 Å². The third-order valence-electron chi connectivity index (χ3n) is 3.81. The van der Waals surface area contributed by atoms with Gasteiger partial charge in [0.15, 0.2) is 11.6 Å². The van der Waals surface area contributed by atoms with E-state index in [-0.39, 0.29) is 5.91 Å². The molecule has 2 N–H and O–H groups in total. The fourth-order valence-electron chi connectivity index (χ4n) is 2.52. The van der Waals surface area contributed by atoms with Crippen LogP contribution in [0.2, 0.25) is 0 Å². The molecule has 0 aromatic heterocycles. The lowest BCUT2D eigenvalue weighted by molar-refractivity contribution is -0.121. The maximum absolute atomic E-state index is 13.0. The van der Waals surface area contributed by atoms with E-state index in [0.29, 0.717) is 31.4 Å². The van der Waals surface area contributed by atoms with Gasteiger partial charge in [0.05, 0.1) is 0 Å². The van der Waals surface area contributed by atoms with Crippen molar-refractivity contribution in [3.63, 3.8) is 0 Å². The number of carbonyl (C=O) groups is 1. The van der Waals surface area contributed by atoms with E-state index in [9.17, 15) is 13.6 Å². The number of hydrogen-bond donors (Lipinski definition) is 2. The molecule has 1 aromatic carbocycles. The summed E-state index contributed by atoms with van der Waals surface area (Å²) in [6, 6.07) is 3.87. The van der Waals surface area contributed by atoms with Gasteiger partial charge in [0.1, 0.15) is 0 Å². The topological polar surface area (TPSA) is 44.4 Å². The van der Waals surface area contributed by atoms with Gasteiger partial charge < -0.3 is 10.6 Å². The zero-order chi connectivity index (χ0) is 15.8. The maximum atomic E-state index is 13.0. The standard InChI is InChI=1S/C16H23F2N3O/c17-14-5-4-13(12-15(14)18)2-1-3-16(22)20-8-11-21-9-6-19-7-10-21/h4-5,12,19H,1-3,6-11H2,(H,20,22). The highest BCUT2D eigenvalue weighted by Gasteiger charge is 2.09. The lowest BCUT2D eigenvalue weighted by Crippen LogP contribution is -2.46. The molecule has 0 spiro atoms. The van der Waals surface area contributed by atoms with E-state index in [1.54, 1.807) is 6.07 Å². The molecule has 2 rings (SSSR count). The Morgan fingerprint density at radius 1 is 1.23 bits per heavy atom. The fourth-order valence-corrected chi connectivity index (χ4v) is 2.52. The number of amides is 1. The Morgan fingerprint density at radius 3 is 2.73 bits per heavy atom. The van der Waals surface area contributed by atoms with Gasteiger partial charge in [0.2, 0.25) is 5.91 Å². The van der Waals surface area contributed by atoms with Gasteiger partial charge in [-0.25, -0.2) is 8.78 Å². The molecular weight excluding hydrogens is 288 g/mol. The molecule has 0 bridgehead atoms. The zero-order valence-corrected chi connectivity index (χ0v) is 12.7. The Morgan fingerprint density at radius 2 is 2.00 bits per heavy atom. The number of nitrogens with one attached hydrogen (secondary N) is 2. The number of rotatable bonds is 7. The minimum Gasteiger partial charge on any atom is -0.355 e. The van der Waals surface area contributed by atoms with Gasteiger partial charge in [-0.2, -0.15) is 0 Å². The summed E-state index contributed by atoms with van der Waals surface area (Å²) in [6.45, 7) is 5.57. The van der Waals surface area contributed by atoms with Gasteiger partial charge in [-0.05, 0) is 30.5 Å². The number of halogens is 2. The minimum absolute atomic E-state index is 0.0118. The molecule has 0 atom stereocenters. The molecule has 4 nitrogen and oxygen atoms in total. The van der Waals surface area contributed by atoms with Crippen molar-refractivity contribution in [3.05, 3.63) is 35.4 Å². The molecule has 22 heavy (non-hydrogen) atoms. The van der Waals surface area contributed by atoms with Crippen LogP contribution < -0.4 is 10.6 Å². The van der Waals surface area contributed by atoms with Crippen LogP contribution >= 0.6 is 0 Å². The smallest absolute Gasteiger partial charge is 0.220 e. The summed E-state index contributed by atoms with van der Waals surface area (Å²) in [7, 11) is 0. The number of benzene rings is 1. The quantitative estimate of drug-likeness (QED) is 0.798. The summed E-state index contributed by atoms with van der Waals surface area (Å²) in [6.07, 6.45) is 1.60. The van der Waals surface area contributed by atoms with Crippen molar-refractivity contribution in [2.45, 2.75) is 19.3 Å². The Hall–Kier alpha value is -1.53. The van der Waals surface area contributed by atoms with Gasteiger partial charge in [-0.15, -0.1) is 0 Å². The van der Waals surface area contributed by atoms with Gasteiger partial charge in [-0.1, -0.05) is 6.07 Å². The van der Waals surface area contributed by atoms with Crippen LogP contribution in [0.4, 0.5) is 8.78 Å². The van der Waals surface area contributed by atoms with Crippen LogP contribution in [0.25, 0.3) is 0 Å². The maximum Gasteiger partial charge on any atom is 0.220 e. The predicted octanol–water partition coefficient (Wildman–Crippen LogP) is 1.31. The molecule has 6 heteroatoms. The van der Waals surface area contributed by atoms with E-state index in [2.05, 4.69) is 15.5 Å². The lowest BCUT2D eigenvalue weighted by atomic mass is 10.1. The summed E-state index contributed by atoms with van der Waals surface area (Å²) in [5.41, 5.74) is 0.715. The fraction of sp³-hybridized carbons (Fsp3) is 0.562. The van der Waals surface area contributed by atoms with E-state index in [1.165, 1.54) is 6.07 Å². The van der Waals surface area contributed by atoms with Crippen LogP contribution in [0.1, 0.15) is 18.4 Å². The summed E-state index contributed by atoms with van der Waals surface area (Å²) in [4.78, 5) is 14.0. The van der Waals surface area contributed by atoms with Crippen LogP contribution in [-0.4, -0.2) is 50.1 Å². The van der Waals surface area contributed by atoms with Gasteiger partial charge in [0.25, 0.3) is 0 Å². The number of carbonyl (C=O) groups excluding carboxylic acids is 1. The Labute approximate surface area is 129 Å². The molecule has 0 saturated carbocycles. The normalized spacial score (nSPS) is 15.7. The molecule has 122 valence electrons. The molecule has 1 heterocycles. The number of piperazine rings is 1. The molecule has 0 unspecified atom stereocenters. The Kier molecular flexibility index (Phi) is 6.74. The highest BCUT2D eigenvalue weighted by molar-refractivity contribution is 5.75.